The molecule has 0 aliphatic carbocycles. The molecule has 140 valence electrons. The van der Waals surface area contributed by atoms with E-state index >= 15 is 0 Å². The minimum Gasteiger partial charge on any atom is -0.319 e. The number of para-hydroxylation sites is 2. The summed E-state index contributed by atoms with van der Waals surface area (Å²) in [5.74, 6) is 1.27. The Labute approximate surface area is 166 Å². The highest BCUT2D eigenvalue weighted by atomic mass is 32.2. The van der Waals surface area contributed by atoms with E-state index in [9.17, 15) is 4.79 Å². The van der Waals surface area contributed by atoms with E-state index in [4.69, 9.17) is 4.98 Å². The molecule has 0 saturated heterocycles. The Morgan fingerprint density at radius 1 is 1.22 bits per heavy atom. The number of rotatable bonds is 6. The van der Waals surface area contributed by atoms with Gasteiger partial charge in [-0.15, -0.1) is 11.3 Å². The quantitative estimate of drug-likeness (QED) is 0.440. The van der Waals surface area contributed by atoms with E-state index in [2.05, 4.69) is 41.6 Å². The number of aromatic nitrogens is 4. The van der Waals surface area contributed by atoms with Crippen LogP contribution in [0.1, 0.15) is 31.7 Å². The van der Waals surface area contributed by atoms with Crippen LogP contribution in [-0.2, 0) is 12.3 Å². The zero-order valence-electron chi connectivity index (χ0n) is 15.7. The summed E-state index contributed by atoms with van der Waals surface area (Å²) in [7, 11) is 0. The SMILES string of the molecule is Cc1csc2nc(CSc3nc4ccccc4n3CCC(C)C)cc(=O)n12. The normalized spacial score (nSPS) is 11.9. The lowest BCUT2D eigenvalue weighted by Crippen LogP contribution is -2.14. The first-order valence-corrected chi connectivity index (χ1v) is 10.9. The van der Waals surface area contributed by atoms with Gasteiger partial charge in [0.2, 0.25) is 0 Å². The van der Waals surface area contributed by atoms with Gasteiger partial charge < -0.3 is 4.57 Å². The zero-order chi connectivity index (χ0) is 19.0. The molecule has 27 heavy (non-hydrogen) atoms. The maximum Gasteiger partial charge on any atom is 0.258 e. The maximum absolute atomic E-state index is 12.4. The van der Waals surface area contributed by atoms with Gasteiger partial charge in [-0.1, -0.05) is 37.7 Å². The van der Waals surface area contributed by atoms with Gasteiger partial charge >= 0.3 is 0 Å². The van der Waals surface area contributed by atoms with Crippen molar-refractivity contribution in [1.82, 2.24) is 18.9 Å². The Morgan fingerprint density at radius 3 is 2.85 bits per heavy atom. The highest BCUT2D eigenvalue weighted by Gasteiger charge is 2.13. The number of nitrogens with zero attached hydrogens (tertiary/aromatic N) is 4. The standard InChI is InChI=1S/C20H22N4OS2/c1-13(2)8-9-23-17-7-5-4-6-16(17)22-19(23)27-12-15-10-18(25)24-14(3)11-26-20(24)21-15/h4-7,10-11,13H,8-9,12H2,1-3H3. The number of hydrogen-bond donors (Lipinski definition) is 0. The topological polar surface area (TPSA) is 52.2 Å². The molecule has 0 radical (unpaired) electrons. The summed E-state index contributed by atoms with van der Waals surface area (Å²) in [6.07, 6.45) is 1.11. The Balaban J connectivity index is 1.63. The van der Waals surface area contributed by atoms with E-state index in [1.165, 1.54) is 11.3 Å². The molecule has 0 amide bonds. The largest absolute Gasteiger partial charge is 0.319 e. The van der Waals surface area contributed by atoms with Crippen molar-refractivity contribution in [2.75, 3.05) is 0 Å². The first-order valence-electron chi connectivity index (χ1n) is 9.08. The average molecular weight is 399 g/mol. The van der Waals surface area contributed by atoms with Crippen molar-refractivity contribution in [2.24, 2.45) is 5.92 Å². The smallest absolute Gasteiger partial charge is 0.258 e. The van der Waals surface area contributed by atoms with Crippen molar-refractivity contribution in [3.05, 3.63) is 57.5 Å². The molecule has 0 bridgehead atoms. The van der Waals surface area contributed by atoms with E-state index in [0.717, 1.165) is 45.5 Å². The van der Waals surface area contributed by atoms with Crippen LogP contribution in [0.25, 0.3) is 16.0 Å². The van der Waals surface area contributed by atoms with Gasteiger partial charge in [0.1, 0.15) is 0 Å². The summed E-state index contributed by atoms with van der Waals surface area (Å²) in [5.41, 5.74) is 3.90. The third kappa shape index (κ3) is 3.66. The highest BCUT2D eigenvalue weighted by Crippen LogP contribution is 2.27. The van der Waals surface area contributed by atoms with E-state index in [1.807, 2.05) is 18.4 Å². The molecule has 0 aliphatic heterocycles. The van der Waals surface area contributed by atoms with Crippen LogP contribution in [0.5, 0.6) is 0 Å². The molecule has 7 heteroatoms. The molecular formula is C20H22N4OS2. The van der Waals surface area contributed by atoms with Crippen LogP contribution in [-0.4, -0.2) is 18.9 Å². The number of fused-ring (bicyclic) bond motifs is 2. The van der Waals surface area contributed by atoms with Crippen LogP contribution in [0.3, 0.4) is 0 Å². The van der Waals surface area contributed by atoms with Crippen molar-refractivity contribution in [3.8, 4) is 0 Å². The highest BCUT2D eigenvalue weighted by molar-refractivity contribution is 7.98. The van der Waals surface area contributed by atoms with Crippen molar-refractivity contribution in [3.63, 3.8) is 0 Å². The first kappa shape index (κ1) is 18.3. The molecule has 0 fully saturated rings. The Kier molecular flexibility index (Phi) is 5.06. The van der Waals surface area contributed by atoms with Crippen LogP contribution in [0.15, 0.2) is 45.7 Å². The molecule has 5 nitrogen and oxygen atoms in total. The van der Waals surface area contributed by atoms with Gasteiger partial charge in [-0.3, -0.25) is 9.20 Å². The molecule has 0 unspecified atom stereocenters. The number of imidazole rings is 1. The van der Waals surface area contributed by atoms with E-state index < -0.39 is 0 Å². The van der Waals surface area contributed by atoms with Crippen molar-refractivity contribution < 1.29 is 0 Å². The molecule has 4 aromatic rings. The van der Waals surface area contributed by atoms with Gasteiger partial charge in [0.05, 0.1) is 16.7 Å². The summed E-state index contributed by atoms with van der Waals surface area (Å²) in [6, 6.07) is 9.89. The monoisotopic (exact) mass is 398 g/mol. The summed E-state index contributed by atoms with van der Waals surface area (Å²) in [6.45, 7) is 7.35. The van der Waals surface area contributed by atoms with Crippen LogP contribution < -0.4 is 5.56 Å². The summed E-state index contributed by atoms with van der Waals surface area (Å²) < 4.78 is 3.96. The number of thioether (sulfide) groups is 1. The lowest BCUT2D eigenvalue weighted by atomic mass is 10.1. The molecule has 0 spiro atoms. The second-order valence-corrected chi connectivity index (χ2v) is 8.87. The number of aryl methyl sites for hydroxylation is 2. The molecule has 0 N–H and O–H groups in total. The third-order valence-corrected chi connectivity index (χ3v) is 6.48. The van der Waals surface area contributed by atoms with Crippen LogP contribution >= 0.6 is 23.1 Å². The molecule has 3 aromatic heterocycles. The van der Waals surface area contributed by atoms with E-state index in [0.29, 0.717) is 11.7 Å². The van der Waals surface area contributed by atoms with Crippen molar-refractivity contribution >= 4 is 39.1 Å². The van der Waals surface area contributed by atoms with Crippen LogP contribution in [0.4, 0.5) is 0 Å². The van der Waals surface area contributed by atoms with Gasteiger partial charge in [0.25, 0.3) is 5.56 Å². The van der Waals surface area contributed by atoms with E-state index in [-0.39, 0.29) is 5.56 Å². The fourth-order valence-corrected chi connectivity index (χ4v) is 4.90. The van der Waals surface area contributed by atoms with E-state index in [1.54, 1.807) is 22.2 Å². The summed E-state index contributed by atoms with van der Waals surface area (Å²) in [4.78, 5) is 22.6. The molecule has 0 atom stereocenters. The van der Waals surface area contributed by atoms with Gasteiger partial charge in [-0.25, -0.2) is 9.97 Å². The Morgan fingerprint density at radius 2 is 2.04 bits per heavy atom. The van der Waals surface area contributed by atoms with Gasteiger partial charge in [-0.2, -0.15) is 0 Å². The predicted molar refractivity (Wildman–Crippen MR) is 113 cm³/mol. The molecular weight excluding hydrogens is 376 g/mol. The van der Waals surface area contributed by atoms with Gasteiger partial charge in [-0.05, 0) is 31.4 Å². The zero-order valence-corrected chi connectivity index (χ0v) is 17.3. The first-order chi connectivity index (χ1) is 13.0. The summed E-state index contributed by atoms with van der Waals surface area (Å²) in [5, 5.41) is 2.95. The molecule has 3 heterocycles. The number of hydrogen-bond acceptors (Lipinski definition) is 5. The fraction of sp³-hybridized carbons (Fsp3) is 0.350. The number of benzene rings is 1. The molecule has 0 saturated carbocycles. The lowest BCUT2D eigenvalue weighted by Gasteiger charge is -2.10. The Bertz CT molecular complexity index is 1160. The van der Waals surface area contributed by atoms with Crippen molar-refractivity contribution in [1.29, 1.82) is 0 Å². The van der Waals surface area contributed by atoms with Crippen LogP contribution in [0, 0.1) is 12.8 Å². The third-order valence-electron chi connectivity index (χ3n) is 4.53. The Hall–Kier alpha value is -2.12. The molecule has 0 aliphatic rings. The van der Waals surface area contributed by atoms with Crippen molar-refractivity contribution in [2.45, 2.75) is 44.6 Å². The summed E-state index contributed by atoms with van der Waals surface area (Å²) >= 11 is 3.15. The second-order valence-electron chi connectivity index (χ2n) is 7.09. The minimum atomic E-state index is -0.0114. The number of thiazole rings is 1. The fourth-order valence-electron chi connectivity index (χ4n) is 3.08. The average Bonchev–Trinajstić information content (AvgIpc) is 3.18. The predicted octanol–water partition coefficient (Wildman–Crippen LogP) is 4.75. The maximum atomic E-state index is 12.4. The van der Waals surface area contributed by atoms with Crippen LogP contribution in [0.2, 0.25) is 0 Å². The minimum absolute atomic E-state index is 0.0114. The van der Waals surface area contributed by atoms with Gasteiger partial charge in [0.15, 0.2) is 10.1 Å². The molecule has 1 aromatic carbocycles. The van der Waals surface area contributed by atoms with Gasteiger partial charge in [0, 0.05) is 29.4 Å². The second kappa shape index (κ2) is 7.48. The molecule has 4 rings (SSSR count). The lowest BCUT2D eigenvalue weighted by molar-refractivity contribution is 0.503.